The fourth-order valence-electron chi connectivity index (χ4n) is 2.52. The first-order chi connectivity index (χ1) is 8.04. The molecule has 2 atom stereocenters. The monoisotopic (exact) mass is 243 g/mol. The van der Waals surface area contributed by atoms with Crippen LogP contribution in [0.1, 0.15) is 32.6 Å². The first-order valence-electron chi connectivity index (χ1n) is 6.11. The van der Waals surface area contributed by atoms with Crippen molar-refractivity contribution in [3.8, 4) is 0 Å². The molecule has 5 heteroatoms. The summed E-state index contributed by atoms with van der Waals surface area (Å²) >= 11 is 0. The van der Waals surface area contributed by atoms with E-state index in [-0.39, 0.29) is 30.8 Å². The molecule has 0 aromatic heterocycles. The van der Waals surface area contributed by atoms with Crippen LogP contribution in [0.3, 0.4) is 0 Å². The maximum atomic E-state index is 11.4. The number of nitrogens with zero attached hydrogens (tertiary/aromatic N) is 1. The van der Waals surface area contributed by atoms with Crippen molar-refractivity contribution < 1.29 is 19.8 Å². The van der Waals surface area contributed by atoms with Gasteiger partial charge in [-0.1, -0.05) is 0 Å². The van der Waals surface area contributed by atoms with E-state index in [1.54, 1.807) is 6.92 Å². The van der Waals surface area contributed by atoms with E-state index < -0.39 is 5.97 Å². The van der Waals surface area contributed by atoms with Crippen molar-refractivity contribution in [2.45, 2.75) is 38.6 Å². The van der Waals surface area contributed by atoms with Crippen molar-refractivity contribution in [3.05, 3.63) is 0 Å². The molecule has 1 heterocycles. The molecule has 0 radical (unpaired) electrons. The SMILES string of the molecule is CC(=O)[C@H]1CCCN1CC(CCO)CC(=O)O. The highest BCUT2D eigenvalue weighted by atomic mass is 16.4. The van der Waals surface area contributed by atoms with Crippen molar-refractivity contribution in [2.75, 3.05) is 19.7 Å². The van der Waals surface area contributed by atoms with Gasteiger partial charge < -0.3 is 10.2 Å². The fourth-order valence-corrected chi connectivity index (χ4v) is 2.52. The Labute approximate surface area is 101 Å². The highest BCUT2D eigenvalue weighted by molar-refractivity contribution is 5.81. The molecule has 1 unspecified atom stereocenters. The topological polar surface area (TPSA) is 77.8 Å². The van der Waals surface area contributed by atoms with Crippen molar-refractivity contribution in [2.24, 2.45) is 5.92 Å². The van der Waals surface area contributed by atoms with Crippen LogP contribution in [-0.4, -0.2) is 52.6 Å². The number of ketones is 1. The summed E-state index contributed by atoms with van der Waals surface area (Å²) in [5.74, 6) is -0.764. The second kappa shape index (κ2) is 6.71. The molecule has 0 bridgehead atoms. The van der Waals surface area contributed by atoms with Crippen molar-refractivity contribution in [1.29, 1.82) is 0 Å². The Bertz CT molecular complexity index is 280. The number of carbonyl (C=O) groups is 2. The number of hydrogen-bond acceptors (Lipinski definition) is 4. The first-order valence-corrected chi connectivity index (χ1v) is 6.11. The van der Waals surface area contributed by atoms with Crippen LogP contribution in [0.25, 0.3) is 0 Å². The Balaban J connectivity index is 2.53. The Morgan fingerprint density at radius 3 is 2.71 bits per heavy atom. The van der Waals surface area contributed by atoms with Gasteiger partial charge in [-0.05, 0) is 38.6 Å². The van der Waals surface area contributed by atoms with Crippen LogP contribution >= 0.6 is 0 Å². The fraction of sp³-hybridized carbons (Fsp3) is 0.833. The van der Waals surface area contributed by atoms with Crippen LogP contribution < -0.4 is 0 Å². The third-order valence-corrected chi connectivity index (χ3v) is 3.33. The molecule has 0 aliphatic carbocycles. The second-order valence-electron chi connectivity index (χ2n) is 4.74. The lowest BCUT2D eigenvalue weighted by molar-refractivity contribution is -0.138. The predicted octanol–water partition coefficient (Wildman–Crippen LogP) is 0.513. The summed E-state index contributed by atoms with van der Waals surface area (Å²) in [5.41, 5.74) is 0. The molecule has 98 valence electrons. The first kappa shape index (κ1) is 14.1. The molecule has 0 aromatic rings. The zero-order valence-corrected chi connectivity index (χ0v) is 10.3. The molecule has 5 nitrogen and oxygen atoms in total. The molecule has 1 fully saturated rings. The van der Waals surface area contributed by atoms with E-state index in [4.69, 9.17) is 10.2 Å². The average molecular weight is 243 g/mol. The summed E-state index contributed by atoms with van der Waals surface area (Å²) in [5, 5.41) is 17.7. The van der Waals surface area contributed by atoms with Crippen molar-refractivity contribution >= 4 is 11.8 Å². The Kier molecular flexibility index (Phi) is 5.58. The molecule has 0 spiro atoms. The van der Waals surface area contributed by atoms with Gasteiger partial charge in [0.15, 0.2) is 0 Å². The van der Waals surface area contributed by atoms with Gasteiger partial charge in [-0.25, -0.2) is 0 Å². The summed E-state index contributed by atoms with van der Waals surface area (Å²) in [6.07, 6.45) is 2.40. The van der Waals surface area contributed by atoms with Gasteiger partial charge in [-0.2, -0.15) is 0 Å². The number of aliphatic carboxylic acids is 1. The van der Waals surface area contributed by atoms with Crippen LogP contribution in [0.2, 0.25) is 0 Å². The van der Waals surface area contributed by atoms with Gasteiger partial charge in [0.05, 0.1) is 6.04 Å². The Morgan fingerprint density at radius 2 is 2.18 bits per heavy atom. The number of aliphatic hydroxyl groups excluding tert-OH is 1. The van der Waals surface area contributed by atoms with Gasteiger partial charge in [-0.15, -0.1) is 0 Å². The van der Waals surface area contributed by atoms with Gasteiger partial charge in [0.1, 0.15) is 5.78 Å². The van der Waals surface area contributed by atoms with Crippen LogP contribution in [0.15, 0.2) is 0 Å². The third-order valence-electron chi connectivity index (χ3n) is 3.33. The number of rotatable bonds is 7. The number of aliphatic hydroxyl groups is 1. The number of hydrogen-bond donors (Lipinski definition) is 2. The van der Waals surface area contributed by atoms with Crippen LogP contribution in [0.4, 0.5) is 0 Å². The van der Waals surface area contributed by atoms with E-state index >= 15 is 0 Å². The summed E-state index contributed by atoms with van der Waals surface area (Å²) in [6, 6.07) is -0.0509. The molecule has 0 amide bonds. The predicted molar refractivity (Wildman–Crippen MR) is 62.7 cm³/mol. The van der Waals surface area contributed by atoms with Crippen molar-refractivity contribution in [1.82, 2.24) is 4.90 Å². The van der Waals surface area contributed by atoms with Crippen LogP contribution in [0, 0.1) is 5.92 Å². The second-order valence-corrected chi connectivity index (χ2v) is 4.74. The molecular weight excluding hydrogens is 222 g/mol. The van der Waals surface area contributed by atoms with Gasteiger partial charge >= 0.3 is 5.97 Å². The zero-order chi connectivity index (χ0) is 12.8. The number of Topliss-reactive ketones (excluding diaryl/α,β-unsaturated/α-hetero) is 1. The van der Waals surface area contributed by atoms with Gasteiger partial charge in [-0.3, -0.25) is 14.5 Å². The summed E-state index contributed by atoms with van der Waals surface area (Å²) in [6.45, 7) is 3.03. The molecule has 1 saturated heterocycles. The summed E-state index contributed by atoms with van der Waals surface area (Å²) < 4.78 is 0. The van der Waals surface area contributed by atoms with E-state index in [9.17, 15) is 9.59 Å². The average Bonchev–Trinajstić information content (AvgIpc) is 2.65. The molecule has 1 aliphatic rings. The molecule has 0 aromatic carbocycles. The number of carboxylic acids is 1. The van der Waals surface area contributed by atoms with Gasteiger partial charge in [0.25, 0.3) is 0 Å². The van der Waals surface area contributed by atoms with Gasteiger partial charge in [0, 0.05) is 19.6 Å². The summed E-state index contributed by atoms with van der Waals surface area (Å²) in [7, 11) is 0. The number of likely N-dealkylation sites (tertiary alicyclic amines) is 1. The minimum absolute atomic E-state index is 0.00345. The lowest BCUT2D eigenvalue weighted by Crippen LogP contribution is -2.38. The molecule has 17 heavy (non-hydrogen) atoms. The zero-order valence-electron chi connectivity index (χ0n) is 10.3. The largest absolute Gasteiger partial charge is 0.481 e. The Morgan fingerprint density at radius 1 is 1.47 bits per heavy atom. The molecule has 1 rings (SSSR count). The quantitative estimate of drug-likeness (QED) is 0.681. The minimum atomic E-state index is -0.845. The van der Waals surface area contributed by atoms with E-state index in [2.05, 4.69) is 4.90 Å². The highest BCUT2D eigenvalue weighted by Gasteiger charge is 2.30. The van der Waals surface area contributed by atoms with E-state index in [0.29, 0.717) is 13.0 Å². The normalized spacial score (nSPS) is 22.6. The number of carbonyl (C=O) groups excluding carboxylic acids is 1. The number of carboxylic acid groups (broad SMARTS) is 1. The smallest absolute Gasteiger partial charge is 0.303 e. The van der Waals surface area contributed by atoms with Crippen LogP contribution in [-0.2, 0) is 9.59 Å². The standard InChI is InChI=1S/C12H21NO4/c1-9(15)11-3-2-5-13(11)8-10(4-6-14)7-12(16)17/h10-11,14H,2-8H2,1H3,(H,16,17)/t10?,11-/m1/s1. The highest BCUT2D eigenvalue weighted by Crippen LogP contribution is 2.21. The lowest BCUT2D eigenvalue weighted by atomic mass is 10.0. The van der Waals surface area contributed by atoms with Crippen LogP contribution in [0.5, 0.6) is 0 Å². The van der Waals surface area contributed by atoms with Gasteiger partial charge in [0.2, 0.25) is 0 Å². The third kappa shape index (κ3) is 4.44. The summed E-state index contributed by atoms with van der Waals surface area (Å²) in [4.78, 5) is 24.2. The van der Waals surface area contributed by atoms with E-state index in [0.717, 1.165) is 19.4 Å². The maximum absolute atomic E-state index is 11.4. The molecule has 0 saturated carbocycles. The Hall–Kier alpha value is -0.940. The van der Waals surface area contributed by atoms with E-state index in [1.165, 1.54) is 0 Å². The van der Waals surface area contributed by atoms with E-state index in [1.807, 2.05) is 0 Å². The molecule has 2 N–H and O–H groups in total. The molecule has 1 aliphatic heterocycles. The lowest BCUT2D eigenvalue weighted by Gasteiger charge is -2.26. The van der Waals surface area contributed by atoms with Crippen molar-refractivity contribution in [3.63, 3.8) is 0 Å². The minimum Gasteiger partial charge on any atom is -0.481 e. The molecular formula is C12H21NO4. The maximum Gasteiger partial charge on any atom is 0.303 e.